The van der Waals surface area contributed by atoms with Crippen molar-refractivity contribution in [3.63, 3.8) is 0 Å². The number of fused-ring (bicyclic) bond motifs is 1. The third-order valence-corrected chi connectivity index (χ3v) is 4.15. The summed E-state index contributed by atoms with van der Waals surface area (Å²) in [6, 6.07) is 15.2. The van der Waals surface area contributed by atoms with Gasteiger partial charge in [0.15, 0.2) is 0 Å². The Hall–Kier alpha value is -3.21. The van der Waals surface area contributed by atoms with Crippen molar-refractivity contribution >= 4 is 28.4 Å². The van der Waals surface area contributed by atoms with Crippen LogP contribution >= 0.6 is 0 Å². The molecule has 0 unspecified atom stereocenters. The highest BCUT2D eigenvalue weighted by Gasteiger charge is 2.18. The van der Waals surface area contributed by atoms with Gasteiger partial charge >= 0.3 is 11.8 Å². The maximum Gasteiger partial charge on any atom is 0.313 e. The number of benzene rings is 2. The lowest BCUT2D eigenvalue weighted by Crippen LogP contribution is -2.37. The van der Waals surface area contributed by atoms with E-state index in [4.69, 9.17) is 0 Å². The number of aryl methyl sites for hydroxylation is 2. The molecule has 0 radical (unpaired) electrons. The van der Waals surface area contributed by atoms with E-state index >= 15 is 0 Å². The summed E-state index contributed by atoms with van der Waals surface area (Å²) in [6.45, 7) is 5.87. The molecule has 3 aromatic rings. The largest absolute Gasteiger partial charge is 0.341 e. The summed E-state index contributed by atoms with van der Waals surface area (Å²) >= 11 is 0. The summed E-state index contributed by atoms with van der Waals surface area (Å²) in [7, 11) is 0. The second-order valence-electron chi connectivity index (χ2n) is 6.49. The Kier molecular flexibility index (Phi) is 4.98. The zero-order valence-electron chi connectivity index (χ0n) is 15.0. The fourth-order valence-corrected chi connectivity index (χ4v) is 2.93. The molecule has 0 aliphatic heterocycles. The van der Waals surface area contributed by atoms with Gasteiger partial charge in [-0.15, -0.1) is 0 Å². The SMILES string of the molecule is Cc1cc(C)cc([C@@H](C)NC(=O)C(=O)Nc2cnc3ccccc3c2)c1. The molecule has 0 bridgehead atoms. The number of hydrogen-bond acceptors (Lipinski definition) is 3. The number of nitrogens with zero attached hydrogens (tertiary/aromatic N) is 1. The maximum atomic E-state index is 12.2. The number of hydrogen-bond donors (Lipinski definition) is 2. The average molecular weight is 347 g/mol. The van der Waals surface area contributed by atoms with Crippen molar-refractivity contribution in [1.29, 1.82) is 0 Å². The minimum Gasteiger partial charge on any atom is -0.341 e. The molecule has 2 amide bonds. The number of carbonyl (C=O) groups is 2. The Morgan fingerprint density at radius 2 is 1.65 bits per heavy atom. The molecule has 2 aromatic carbocycles. The quantitative estimate of drug-likeness (QED) is 0.710. The molecule has 0 fully saturated rings. The molecule has 0 aliphatic rings. The van der Waals surface area contributed by atoms with Gasteiger partial charge in [0.2, 0.25) is 0 Å². The average Bonchev–Trinajstić information content (AvgIpc) is 2.60. The minimum atomic E-state index is -0.710. The summed E-state index contributed by atoms with van der Waals surface area (Å²) < 4.78 is 0. The summed E-state index contributed by atoms with van der Waals surface area (Å²) in [5.41, 5.74) is 4.53. The molecule has 1 aromatic heterocycles. The normalized spacial score (nSPS) is 11.8. The van der Waals surface area contributed by atoms with Crippen molar-refractivity contribution in [1.82, 2.24) is 10.3 Å². The molecule has 3 rings (SSSR count). The van der Waals surface area contributed by atoms with Crippen LogP contribution in [-0.2, 0) is 9.59 Å². The second kappa shape index (κ2) is 7.35. The highest BCUT2D eigenvalue weighted by atomic mass is 16.2. The van der Waals surface area contributed by atoms with Crippen LogP contribution in [0.4, 0.5) is 5.69 Å². The van der Waals surface area contributed by atoms with Gasteiger partial charge in [0, 0.05) is 5.39 Å². The van der Waals surface area contributed by atoms with Crippen molar-refractivity contribution in [2.75, 3.05) is 5.32 Å². The minimum absolute atomic E-state index is 0.262. The summed E-state index contributed by atoms with van der Waals surface area (Å²) in [6.07, 6.45) is 1.54. The molecule has 0 spiro atoms. The molecule has 1 heterocycles. The maximum absolute atomic E-state index is 12.2. The van der Waals surface area contributed by atoms with Gasteiger partial charge in [0.25, 0.3) is 0 Å². The lowest BCUT2D eigenvalue weighted by atomic mass is 10.0. The van der Waals surface area contributed by atoms with Crippen molar-refractivity contribution in [2.45, 2.75) is 26.8 Å². The molecule has 5 nitrogen and oxygen atoms in total. The van der Waals surface area contributed by atoms with Crippen LogP contribution in [0.25, 0.3) is 10.9 Å². The lowest BCUT2D eigenvalue weighted by molar-refractivity contribution is -0.136. The number of aromatic nitrogens is 1. The Bertz CT molecular complexity index is 962. The van der Waals surface area contributed by atoms with Gasteiger partial charge in [0.05, 0.1) is 23.4 Å². The molecule has 5 heteroatoms. The van der Waals surface area contributed by atoms with Gasteiger partial charge in [0.1, 0.15) is 0 Å². The van der Waals surface area contributed by atoms with E-state index in [1.165, 1.54) is 0 Å². The first-order valence-electron chi connectivity index (χ1n) is 8.47. The van der Waals surface area contributed by atoms with Gasteiger partial charge in [-0.1, -0.05) is 47.5 Å². The van der Waals surface area contributed by atoms with E-state index in [-0.39, 0.29) is 6.04 Å². The highest BCUT2D eigenvalue weighted by Crippen LogP contribution is 2.18. The molecule has 1 atom stereocenters. The topological polar surface area (TPSA) is 71.1 Å². The Morgan fingerprint density at radius 1 is 0.962 bits per heavy atom. The summed E-state index contributed by atoms with van der Waals surface area (Å²) in [5, 5.41) is 6.23. The number of anilines is 1. The van der Waals surface area contributed by atoms with E-state index in [1.54, 1.807) is 12.3 Å². The van der Waals surface area contributed by atoms with E-state index in [2.05, 4.69) is 21.7 Å². The zero-order valence-corrected chi connectivity index (χ0v) is 15.0. The van der Waals surface area contributed by atoms with E-state index in [1.807, 2.05) is 57.2 Å². The van der Waals surface area contributed by atoms with Gasteiger partial charge in [-0.2, -0.15) is 0 Å². The fraction of sp³-hybridized carbons (Fsp3) is 0.190. The third kappa shape index (κ3) is 4.06. The van der Waals surface area contributed by atoms with Gasteiger partial charge < -0.3 is 10.6 Å². The van der Waals surface area contributed by atoms with Crippen LogP contribution in [0.5, 0.6) is 0 Å². The van der Waals surface area contributed by atoms with Gasteiger partial charge in [-0.25, -0.2) is 0 Å². The van der Waals surface area contributed by atoms with E-state index in [0.29, 0.717) is 5.69 Å². The van der Waals surface area contributed by atoms with Gasteiger partial charge in [-0.05, 0) is 38.5 Å². The van der Waals surface area contributed by atoms with Crippen LogP contribution in [0.3, 0.4) is 0 Å². The molecule has 132 valence electrons. The van der Waals surface area contributed by atoms with Crippen molar-refractivity contribution in [2.24, 2.45) is 0 Å². The summed E-state index contributed by atoms with van der Waals surface area (Å²) in [5.74, 6) is -1.39. The predicted octanol–water partition coefficient (Wildman–Crippen LogP) is 3.67. The van der Waals surface area contributed by atoms with Crippen LogP contribution < -0.4 is 10.6 Å². The van der Waals surface area contributed by atoms with Crippen LogP contribution in [0.2, 0.25) is 0 Å². The summed E-state index contributed by atoms with van der Waals surface area (Å²) in [4.78, 5) is 28.7. The predicted molar refractivity (Wildman–Crippen MR) is 103 cm³/mol. The van der Waals surface area contributed by atoms with Crippen molar-refractivity contribution in [3.8, 4) is 0 Å². The van der Waals surface area contributed by atoms with E-state index in [9.17, 15) is 9.59 Å². The van der Waals surface area contributed by atoms with Crippen molar-refractivity contribution < 1.29 is 9.59 Å². The Labute approximate surface area is 152 Å². The van der Waals surface area contributed by atoms with Crippen molar-refractivity contribution in [3.05, 3.63) is 71.4 Å². The lowest BCUT2D eigenvalue weighted by Gasteiger charge is -2.15. The van der Waals surface area contributed by atoms with Crippen LogP contribution in [0.1, 0.15) is 29.7 Å². The second-order valence-corrected chi connectivity index (χ2v) is 6.49. The van der Waals surface area contributed by atoms with Gasteiger partial charge in [-0.3, -0.25) is 14.6 Å². The third-order valence-electron chi connectivity index (χ3n) is 4.15. The molecular weight excluding hydrogens is 326 g/mol. The Morgan fingerprint density at radius 3 is 2.38 bits per heavy atom. The molecule has 0 aliphatic carbocycles. The number of rotatable bonds is 3. The first-order valence-corrected chi connectivity index (χ1v) is 8.47. The van der Waals surface area contributed by atoms with Crippen LogP contribution in [-0.4, -0.2) is 16.8 Å². The number of carbonyl (C=O) groups excluding carboxylic acids is 2. The Balaban J connectivity index is 1.67. The fourth-order valence-electron chi connectivity index (χ4n) is 2.93. The molecule has 0 saturated heterocycles. The number of nitrogens with one attached hydrogen (secondary N) is 2. The zero-order chi connectivity index (χ0) is 18.7. The number of amides is 2. The van der Waals surface area contributed by atoms with Crippen LogP contribution in [0.15, 0.2) is 54.7 Å². The molecule has 0 saturated carbocycles. The molecule has 2 N–H and O–H groups in total. The smallest absolute Gasteiger partial charge is 0.313 e. The van der Waals surface area contributed by atoms with E-state index < -0.39 is 11.8 Å². The first-order chi connectivity index (χ1) is 12.4. The highest BCUT2D eigenvalue weighted by molar-refractivity contribution is 6.39. The first kappa shape index (κ1) is 17.6. The monoisotopic (exact) mass is 347 g/mol. The van der Waals surface area contributed by atoms with E-state index in [0.717, 1.165) is 27.6 Å². The van der Waals surface area contributed by atoms with Crippen LogP contribution in [0, 0.1) is 13.8 Å². The standard InChI is InChI=1S/C21H21N3O2/c1-13-8-14(2)10-17(9-13)15(3)23-20(25)21(26)24-18-11-16-6-4-5-7-19(16)22-12-18/h4-12,15H,1-3H3,(H,23,25)(H,24,26)/t15-/m1/s1. The molecular formula is C21H21N3O2. The number of pyridine rings is 1. The number of para-hydroxylation sites is 1. The molecule has 26 heavy (non-hydrogen) atoms.